The van der Waals surface area contributed by atoms with Gasteiger partial charge in [0.25, 0.3) is 0 Å². The molecule has 0 radical (unpaired) electrons. The van der Waals surface area contributed by atoms with Crippen LogP contribution in [0.2, 0.25) is 18.1 Å². The van der Waals surface area contributed by atoms with E-state index in [4.69, 9.17) is 0 Å². The van der Waals surface area contributed by atoms with Gasteiger partial charge in [0, 0.05) is 8.80 Å². The zero-order chi connectivity index (χ0) is 21.0. The van der Waals surface area contributed by atoms with E-state index in [1.165, 1.54) is 37.4 Å². The van der Waals surface area contributed by atoms with Crippen molar-refractivity contribution in [2.45, 2.75) is 75.9 Å². The predicted octanol–water partition coefficient (Wildman–Crippen LogP) is 7.70. The van der Waals surface area contributed by atoms with Crippen LogP contribution in [-0.2, 0) is 0 Å². The zero-order valence-corrected chi connectivity index (χ0v) is 18.0. The smallest absolute Gasteiger partial charge is 0.344 e. The number of rotatable bonds is 6. The van der Waals surface area contributed by atoms with Crippen molar-refractivity contribution in [1.82, 2.24) is 0 Å². The van der Waals surface area contributed by atoms with Crippen LogP contribution in [0, 0.1) is 23.5 Å². The van der Waals surface area contributed by atoms with Gasteiger partial charge in [-0.3, -0.25) is 0 Å². The minimum atomic E-state index is -2.75. The van der Waals surface area contributed by atoms with Crippen molar-refractivity contribution in [1.29, 1.82) is 0 Å². The molecule has 162 valence electrons. The Morgan fingerprint density at radius 2 is 1.48 bits per heavy atom. The molecule has 1 aromatic rings. The van der Waals surface area contributed by atoms with Gasteiger partial charge in [-0.15, -0.1) is 0 Å². The van der Waals surface area contributed by atoms with Gasteiger partial charge in [-0.2, -0.15) is 13.2 Å². The van der Waals surface area contributed by atoms with Crippen molar-refractivity contribution >= 4 is 8.80 Å². The molecule has 0 N–H and O–H groups in total. The van der Waals surface area contributed by atoms with Gasteiger partial charge in [0.05, 0.1) is 0 Å². The number of benzene rings is 1. The molecule has 7 heteroatoms. The van der Waals surface area contributed by atoms with E-state index >= 15 is 0 Å². The van der Waals surface area contributed by atoms with Crippen LogP contribution in [0.25, 0.3) is 0 Å². The highest BCUT2D eigenvalue weighted by Gasteiger charge is 2.32. The summed E-state index contributed by atoms with van der Waals surface area (Å²) in [6, 6.07) is 4.28. The highest BCUT2D eigenvalue weighted by molar-refractivity contribution is 6.58. The van der Waals surface area contributed by atoms with E-state index in [0.29, 0.717) is 11.5 Å². The lowest BCUT2D eigenvalue weighted by molar-refractivity contribution is 0.214. The second-order valence-corrected chi connectivity index (χ2v) is 12.1. The van der Waals surface area contributed by atoms with Crippen molar-refractivity contribution in [3.05, 3.63) is 41.4 Å². The molecule has 0 atom stereocenters. The van der Waals surface area contributed by atoms with Gasteiger partial charge in [-0.1, -0.05) is 44.3 Å². The average Bonchev–Trinajstić information content (AvgIpc) is 2.71. The van der Waals surface area contributed by atoms with Crippen LogP contribution in [0.1, 0.15) is 63.4 Å². The first-order valence-corrected chi connectivity index (χ1v) is 13.2. The van der Waals surface area contributed by atoms with Crippen LogP contribution in [0.4, 0.5) is 22.0 Å². The van der Waals surface area contributed by atoms with Crippen molar-refractivity contribution < 1.29 is 26.7 Å². The first-order valence-electron chi connectivity index (χ1n) is 10.8. The topological polar surface area (TPSA) is 9.23 Å². The molecule has 0 unspecified atom stereocenters. The van der Waals surface area contributed by atoms with Crippen molar-refractivity contribution in [3.8, 4) is 5.75 Å². The zero-order valence-electron chi connectivity index (χ0n) is 16.8. The SMILES string of the molecule is CCC[SiH]1CCC(C2CCC(c3cc(F)c(OC(F)=C(F)F)c(F)c3)CC2)CC1. The molecule has 1 aliphatic carbocycles. The molecule has 1 heterocycles. The number of ether oxygens (including phenoxy) is 1. The second-order valence-electron chi connectivity index (χ2n) is 8.63. The molecule has 1 aromatic carbocycles. The second kappa shape index (κ2) is 10.1. The summed E-state index contributed by atoms with van der Waals surface area (Å²) in [5.74, 6) is -1.90. The Kier molecular flexibility index (Phi) is 7.77. The van der Waals surface area contributed by atoms with E-state index in [9.17, 15) is 22.0 Å². The molecular weight excluding hydrogens is 403 g/mol. The Balaban J connectivity index is 1.58. The van der Waals surface area contributed by atoms with Crippen LogP contribution in [-0.4, -0.2) is 8.80 Å². The van der Waals surface area contributed by atoms with Crippen LogP contribution in [0.5, 0.6) is 5.75 Å². The van der Waals surface area contributed by atoms with E-state index in [1.54, 1.807) is 0 Å². The molecule has 1 saturated heterocycles. The average molecular weight is 433 g/mol. The lowest BCUT2D eigenvalue weighted by Crippen LogP contribution is -2.28. The Morgan fingerprint density at radius 1 is 0.931 bits per heavy atom. The van der Waals surface area contributed by atoms with E-state index < -0.39 is 38.3 Å². The third-order valence-electron chi connectivity index (χ3n) is 6.86. The van der Waals surface area contributed by atoms with Gasteiger partial charge in [-0.05, 0) is 61.1 Å². The van der Waals surface area contributed by atoms with Crippen LogP contribution in [0.3, 0.4) is 0 Å². The summed E-state index contributed by atoms with van der Waals surface area (Å²) in [5, 5.41) is 0. The van der Waals surface area contributed by atoms with Gasteiger partial charge in [0.15, 0.2) is 11.6 Å². The van der Waals surface area contributed by atoms with Gasteiger partial charge in [-0.25, -0.2) is 8.78 Å². The summed E-state index contributed by atoms with van der Waals surface area (Å²) < 4.78 is 69.5. The molecule has 1 aliphatic heterocycles. The van der Waals surface area contributed by atoms with Crippen LogP contribution < -0.4 is 4.74 Å². The van der Waals surface area contributed by atoms with Crippen LogP contribution in [0.15, 0.2) is 24.2 Å². The fourth-order valence-electron chi connectivity index (χ4n) is 5.32. The van der Waals surface area contributed by atoms with Gasteiger partial charge in [0.1, 0.15) is 0 Å². The highest BCUT2D eigenvalue weighted by Crippen LogP contribution is 2.44. The Morgan fingerprint density at radius 3 is 2.00 bits per heavy atom. The maximum Gasteiger partial charge on any atom is 0.344 e. The molecular formula is C22H29F5OSi. The standard InChI is InChI=1S/C22H29F5OSi/c1-2-9-29-10-7-16(8-11-29)14-3-5-15(6-4-14)17-12-18(23)20(19(24)13-17)28-22(27)21(25)26/h12-16,29H,2-11H2,1H3. The molecule has 0 amide bonds. The summed E-state index contributed by atoms with van der Waals surface area (Å²) in [5.41, 5.74) is 0.495. The lowest BCUT2D eigenvalue weighted by Gasteiger charge is -2.37. The Hall–Kier alpha value is -1.37. The van der Waals surface area contributed by atoms with Gasteiger partial charge < -0.3 is 4.74 Å². The lowest BCUT2D eigenvalue weighted by atomic mass is 9.72. The van der Waals surface area contributed by atoms with E-state index in [-0.39, 0.29) is 5.92 Å². The summed E-state index contributed by atoms with van der Waals surface area (Å²) in [6.07, 6.45) is 5.11. The molecule has 2 aliphatic rings. The number of halogens is 5. The van der Waals surface area contributed by atoms with Crippen molar-refractivity contribution in [2.75, 3.05) is 0 Å². The summed E-state index contributed by atoms with van der Waals surface area (Å²) in [7, 11) is -0.486. The molecule has 0 aromatic heterocycles. The molecule has 1 saturated carbocycles. The van der Waals surface area contributed by atoms with E-state index in [2.05, 4.69) is 11.7 Å². The minimum absolute atomic E-state index is 0.0356. The maximum absolute atomic E-state index is 14.2. The first-order chi connectivity index (χ1) is 13.9. The first kappa shape index (κ1) is 22.3. The molecule has 1 nitrogen and oxygen atoms in total. The summed E-state index contributed by atoms with van der Waals surface area (Å²) in [6.45, 7) is 2.28. The van der Waals surface area contributed by atoms with Crippen molar-refractivity contribution in [3.63, 3.8) is 0 Å². The number of hydrogen-bond acceptors (Lipinski definition) is 1. The maximum atomic E-state index is 14.2. The summed E-state index contributed by atoms with van der Waals surface area (Å²) in [4.78, 5) is 0. The predicted molar refractivity (Wildman–Crippen MR) is 107 cm³/mol. The van der Waals surface area contributed by atoms with E-state index in [1.807, 2.05) is 0 Å². The fraction of sp³-hybridized carbons (Fsp3) is 0.636. The Bertz CT molecular complexity index is 695. The monoisotopic (exact) mass is 432 g/mol. The Labute approximate surface area is 170 Å². The number of hydrogen-bond donors (Lipinski definition) is 0. The molecule has 2 fully saturated rings. The highest BCUT2D eigenvalue weighted by atomic mass is 28.3. The largest absolute Gasteiger partial charge is 0.422 e. The normalized spacial score (nSPS) is 27.5. The van der Waals surface area contributed by atoms with Gasteiger partial charge in [0.2, 0.25) is 5.75 Å². The third-order valence-corrected chi connectivity index (χ3v) is 10.6. The fourth-order valence-corrected chi connectivity index (χ4v) is 8.80. The third kappa shape index (κ3) is 5.62. The molecule has 0 bridgehead atoms. The summed E-state index contributed by atoms with van der Waals surface area (Å²) >= 11 is 0. The minimum Gasteiger partial charge on any atom is -0.422 e. The quantitative estimate of drug-likeness (QED) is 0.254. The van der Waals surface area contributed by atoms with Gasteiger partial charge >= 0.3 is 12.1 Å². The molecule has 3 rings (SSSR count). The van der Waals surface area contributed by atoms with E-state index in [0.717, 1.165) is 43.7 Å². The van der Waals surface area contributed by atoms with Crippen molar-refractivity contribution in [2.24, 2.45) is 11.8 Å². The van der Waals surface area contributed by atoms with Crippen LogP contribution >= 0.6 is 0 Å². The molecule has 29 heavy (non-hydrogen) atoms. The molecule has 0 spiro atoms.